The molecule has 0 radical (unpaired) electrons. The molecule has 0 saturated carbocycles. The van der Waals surface area contributed by atoms with Gasteiger partial charge in [-0.15, -0.1) is 0 Å². The Labute approximate surface area is 130 Å². The van der Waals surface area contributed by atoms with E-state index < -0.39 is 18.3 Å². The van der Waals surface area contributed by atoms with Crippen molar-refractivity contribution < 1.29 is 24.7 Å². The average molecular weight is 304 g/mol. The van der Waals surface area contributed by atoms with E-state index in [0.29, 0.717) is 5.56 Å². The van der Waals surface area contributed by atoms with Gasteiger partial charge in [-0.25, -0.2) is 0 Å². The number of carbonyl (C=O) groups excluding carboxylic acids is 1. The second-order valence-electron chi connectivity index (χ2n) is 6.62. The van der Waals surface area contributed by atoms with Gasteiger partial charge in [0.2, 0.25) is 0 Å². The number of benzene rings is 1. The van der Waals surface area contributed by atoms with E-state index in [4.69, 9.17) is 4.74 Å². The second-order valence-corrected chi connectivity index (χ2v) is 6.62. The number of ketones is 1. The molecule has 0 spiro atoms. The zero-order valence-electron chi connectivity index (χ0n) is 13.5. The molecule has 3 N–H and O–H groups in total. The minimum atomic E-state index is -1.64. The summed E-state index contributed by atoms with van der Waals surface area (Å²) in [6, 6.07) is 4.77. The molecule has 0 aromatic heterocycles. The molecule has 1 aliphatic heterocycles. The molecule has 1 heterocycles. The predicted octanol–water partition coefficient (Wildman–Crippen LogP) is 1.10. The van der Waals surface area contributed by atoms with Gasteiger partial charge in [-0.3, -0.25) is 4.79 Å². The molecule has 0 bridgehead atoms. The first-order chi connectivity index (χ1) is 9.97. The number of Topliss-reactive ketones (excluding diaryl/α,β-unsaturated/α-hetero) is 1. The summed E-state index contributed by atoms with van der Waals surface area (Å²) in [4.78, 5) is 12.7. The Kier molecular flexibility index (Phi) is 3.98. The van der Waals surface area contributed by atoms with E-state index in [1.165, 1.54) is 6.07 Å². The van der Waals surface area contributed by atoms with Gasteiger partial charge in [-0.2, -0.15) is 0 Å². The van der Waals surface area contributed by atoms with Crippen molar-refractivity contribution in [3.63, 3.8) is 0 Å². The number of hydrogen-bond acceptors (Lipinski definition) is 5. The van der Waals surface area contributed by atoms with Crippen LogP contribution in [0.15, 0.2) is 24.0 Å². The Hall–Kier alpha value is -1.63. The molecule has 0 saturated heterocycles. The maximum absolute atomic E-state index is 12.7. The molecule has 1 aliphatic rings. The van der Waals surface area contributed by atoms with Gasteiger partial charge in [-0.1, -0.05) is 18.2 Å². The lowest BCUT2D eigenvalue weighted by Gasteiger charge is -2.40. The summed E-state index contributed by atoms with van der Waals surface area (Å²) in [7, 11) is -1.64. The van der Waals surface area contributed by atoms with Crippen LogP contribution in [0.1, 0.15) is 38.8 Å². The minimum Gasteiger partial charge on any atom is -0.508 e. The highest BCUT2D eigenvalue weighted by Crippen LogP contribution is 2.40. The van der Waals surface area contributed by atoms with Gasteiger partial charge >= 0.3 is 7.12 Å². The zero-order valence-corrected chi connectivity index (χ0v) is 13.5. The van der Waals surface area contributed by atoms with Crippen molar-refractivity contribution in [2.75, 3.05) is 0 Å². The lowest BCUT2D eigenvalue weighted by Crippen LogP contribution is -2.49. The molecule has 1 aromatic carbocycles. The van der Waals surface area contributed by atoms with Gasteiger partial charge in [0.15, 0.2) is 5.78 Å². The summed E-state index contributed by atoms with van der Waals surface area (Å²) in [5, 5.41) is 29.2. The van der Waals surface area contributed by atoms with E-state index in [9.17, 15) is 19.9 Å². The SMILES string of the molecule is Cc1ccc(B(O)O)cc1C1=C(O)C(C)(C)OC(C)(C)C1=O. The van der Waals surface area contributed by atoms with Crippen molar-refractivity contribution in [2.24, 2.45) is 0 Å². The van der Waals surface area contributed by atoms with Gasteiger partial charge in [0, 0.05) is 0 Å². The number of ether oxygens (including phenoxy) is 1. The van der Waals surface area contributed by atoms with Gasteiger partial charge in [0.1, 0.15) is 17.0 Å². The largest absolute Gasteiger partial charge is 0.508 e. The summed E-state index contributed by atoms with van der Waals surface area (Å²) in [5.74, 6) is -0.485. The molecule has 2 rings (SSSR count). The highest BCUT2D eigenvalue weighted by atomic mass is 16.5. The summed E-state index contributed by atoms with van der Waals surface area (Å²) < 4.78 is 5.70. The third kappa shape index (κ3) is 2.69. The number of aliphatic hydroxyl groups excluding tert-OH is 1. The fraction of sp³-hybridized carbons (Fsp3) is 0.438. The molecule has 0 atom stereocenters. The molecular weight excluding hydrogens is 283 g/mol. The monoisotopic (exact) mass is 304 g/mol. The van der Waals surface area contributed by atoms with Crippen LogP contribution in [-0.2, 0) is 9.53 Å². The molecule has 22 heavy (non-hydrogen) atoms. The van der Waals surface area contributed by atoms with Crippen molar-refractivity contribution in [2.45, 2.75) is 45.8 Å². The number of carbonyl (C=O) groups is 1. The topological polar surface area (TPSA) is 87.0 Å². The molecule has 0 unspecified atom stereocenters. The van der Waals surface area contributed by atoms with Crippen LogP contribution < -0.4 is 5.46 Å². The average Bonchev–Trinajstić information content (AvgIpc) is 2.38. The van der Waals surface area contributed by atoms with Crippen molar-refractivity contribution in [1.29, 1.82) is 0 Å². The summed E-state index contributed by atoms with van der Waals surface area (Å²) >= 11 is 0. The van der Waals surface area contributed by atoms with Crippen LogP contribution in [0.5, 0.6) is 0 Å². The fourth-order valence-corrected chi connectivity index (χ4v) is 2.76. The van der Waals surface area contributed by atoms with Gasteiger partial charge in [0.05, 0.1) is 5.57 Å². The minimum absolute atomic E-state index is 0.149. The fourth-order valence-electron chi connectivity index (χ4n) is 2.76. The smallest absolute Gasteiger partial charge is 0.488 e. The van der Waals surface area contributed by atoms with Gasteiger partial charge < -0.3 is 19.9 Å². The Morgan fingerprint density at radius 2 is 1.68 bits per heavy atom. The third-order valence-electron chi connectivity index (χ3n) is 3.92. The molecule has 0 fully saturated rings. The molecule has 0 amide bonds. The van der Waals surface area contributed by atoms with Crippen molar-refractivity contribution >= 4 is 23.9 Å². The Bertz CT molecular complexity index is 659. The highest BCUT2D eigenvalue weighted by Gasteiger charge is 2.47. The van der Waals surface area contributed by atoms with Crippen LogP contribution in [0.2, 0.25) is 0 Å². The van der Waals surface area contributed by atoms with E-state index in [1.54, 1.807) is 46.8 Å². The number of rotatable bonds is 2. The first-order valence-corrected chi connectivity index (χ1v) is 7.13. The standard InChI is InChI=1S/C16H21BO5/c1-9-6-7-10(17(20)21)8-11(9)12-13(18)15(2,3)22-16(4,5)14(12)19/h6-8,18,20-21H,1-5H3. The van der Waals surface area contributed by atoms with Gasteiger partial charge in [-0.05, 0) is 51.2 Å². The normalized spacial score (nSPS) is 20.2. The quantitative estimate of drug-likeness (QED) is 0.712. The number of aliphatic hydroxyl groups is 1. The van der Waals surface area contributed by atoms with Crippen molar-refractivity contribution in [1.82, 2.24) is 0 Å². The maximum atomic E-state index is 12.7. The lowest BCUT2D eigenvalue weighted by atomic mass is 9.76. The van der Waals surface area contributed by atoms with Crippen LogP contribution in [0.4, 0.5) is 0 Å². The van der Waals surface area contributed by atoms with Crippen molar-refractivity contribution in [3.8, 4) is 0 Å². The summed E-state index contributed by atoms with van der Waals surface area (Å²) in [6.45, 7) is 8.49. The van der Waals surface area contributed by atoms with Crippen LogP contribution in [-0.4, -0.2) is 39.3 Å². The Balaban J connectivity index is 2.73. The van der Waals surface area contributed by atoms with Crippen LogP contribution >= 0.6 is 0 Å². The molecule has 0 aliphatic carbocycles. The molecular formula is C16H21BO5. The lowest BCUT2D eigenvalue weighted by molar-refractivity contribution is -0.158. The first-order valence-electron chi connectivity index (χ1n) is 7.13. The summed E-state index contributed by atoms with van der Waals surface area (Å²) in [5.41, 5.74) is -0.416. The Morgan fingerprint density at radius 1 is 1.09 bits per heavy atom. The van der Waals surface area contributed by atoms with E-state index in [-0.39, 0.29) is 22.6 Å². The molecule has 1 aromatic rings. The van der Waals surface area contributed by atoms with Crippen LogP contribution in [0, 0.1) is 6.92 Å². The first kappa shape index (κ1) is 16.7. The third-order valence-corrected chi connectivity index (χ3v) is 3.92. The molecule has 5 nitrogen and oxygen atoms in total. The predicted molar refractivity (Wildman–Crippen MR) is 84.8 cm³/mol. The number of hydrogen-bond donors (Lipinski definition) is 3. The molecule has 118 valence electrons. The highest BCUT2D eigenvalue weighted by molar-refractivity contribution is 6.58. The maximum Gasteiger partial charge on any atom is 0.488 e. The van der Waals surface area contributed by atoms with Crippen molar-refractivity contribution in [3.05, 3.63) is 35.1 Å². The second kappa shape index (κ2) is 5.23. The van der Waals surface area contributed by atoms with Gasteiger partial charge in [0.25, 0.3) is 0 Å². The van der Waals surface area contributed by atoms with Crippen LogP contribution in [0.3, 0.4) is 0 Å². The van der Waals surface area contributed by atoms with E-state index in [0.717, 1.165) is 5.56 Å². The van der Waals surface area contributed by atoms with E-state index in [2.05, 4.69) is 0 Å². The number of aryl methyl sites for hydroxylation is 1. The molecule has 6 heteroatoms. The van der Waals surface area contributed by atoms with E-state index >= 15 is 0 Å². The van der Waals surface area contributed by atoms with Crippen LogP contribution in [0.25, 0.3) is 5.57 Å². The summed E-state index contributed by atoms with van der Waals surface area (Å²) in [6.07, 6.45) is 0. The zero-order chi connectivity index (χ0) is 16.9. The Morgan fingerprint density at radius 3 is 2.23 bits per heavy atom. The van der Waals surface area contributed by atoms with E-state index in [1.807, 2.05) is 0 Å².